The van der Waals surface area contributed by atoms with Gasteiger partial charge in [0.1, 0.15) is 0 Å². The molecular weight excluding hydrogens is 299 g/mol. The molecule has 0 atom stereocenters. The predicted molar refractivity (Wildman–Crippen MR) is 66.5 cm³/mol. The van der Waals surface area contributed by atoms with Gasteiger partial charge >= 0.3 is 0 Å². The molecule has 1 aromatic carbocycles. The summed E-state index contributed by atoms with van der Waals surface area (Å²) in [5.41, 5.74) is 1.26. The summed E-state index contributed by atoms with van der Waals surface area (Å²) in [5, 5.41) is 3.45. The molecule has 0 nitrogen and oxygen atoms in total. The number of aryl methyl sites for hydroxylation is 1. The Morgan fingerprint density at radius 2 is 2.25 bits per heavy atom. The Morgan fingerprint density at radius 1 is 1.50 bits per heavy atom. The zero-order valence-corrected chi connectivity index (χ0v) is 10.3. The molecule has 0 aliphatic rings. The highest BCUT2D eigenvalue weighted by Gasteiger charge is 2.05. The summed E-state index contributed by atoms with van der Waals surface area (Å²) in [6.07, 6.45) is 0. The molecule has 0 saturated carbocycles. The Labute approximate surface area is 94.5 Å². The summed E-state index contributed by atoms with van der Waals surface area (Å²) < 4.78 is 2.63. The van der Waals surface area contributed by atoms with Crippen LogP contribution in [0, 0.1) is 10.5 Å². The van der Waals surface area contributed by atoms with Crippen LogP contribution >= 0.6 is 46.6 Å². The second-order valence-electron chi connectivity index (χ2n) is 2.69. The first-order chi connectivity index (χ1) is 5.70. The highest BCUT2D eigenvalue weighted by Crippen LogP contribution is 2.33. The molecule has 0 N–H and O–H groups in total. The van der Waals surface area contributed by atoms with Crippen molar-refractivity contribution in [3.8, 4) is 0 Å². The molecule has 0 fully saturated rings. The number of rotatable bonds is 0. The normalized spacial score (nSPS) is 10.9. The molecule has 0 bridgehead atoms. The molecule has 0 aliphatic carbocycles. The fourth-order valence-electron chi connectivity index (χ4n) is 1.20. The molecule has 62 valence electrons. The fourth-order valence-corrected chi connectivity index (χ4v) is 3.56. The summed E-state index contributed by atoms with van der Waals surface area (Å²) in [4.78, 5) is 1.13. The van der Waals surface area contributed by atoms with Gasteiger partial charge in [0.2, 0.25) is 0 Å². The van der Waals surface area contributed by atoms with E-state index in [-0.39, 0.29) is 0 Å². The van der Waals surface area contributed by atoms with Gasteiger partial charge in [-0.25, -0.2) is 0 Å². The maximum absolute atomic E-state index is 4.48. The van der Waals surface area contributed by atoms with Crippen LogP contribution in [0.4, 0.5) is 0 Å². The smallest absolute Gasteiger partial charge is 0.0489 e. The summed E-state index contributed by atoms with van der Waals surface area (Å²) >= 11 is 8.62. The van der Waals surface area contributed by atoms with Crippen LogP contribution in [-0.2, 0) is 0 Å². The van der Waals surface area contributed by atoms with E-state index in [0.29, 0.717) is 0 Å². The van der Waals surface area contributed by atoms with E-state index in [2.05, 4.69) is 59.7 Å². The Bertz CT molecular complexity index is 431. The van der Waals surface area contributed by atoms with Crippen LogP contribution in [-0.4, -0.2) is 0 Å². The number of hydrogen-bond acceptors (Lipinski definition) is 2. The minimum atomic E-state index is 1.13. The average molecular weight is 306 g/mol. The first-order valence-electron chi connectivity index (χ1n) is 3.55. The molecule has 2 rings (SSSR count). The SMILES string of the molecule is Cc1cc(I)c2ccsc2c1S. The van der Waals surface area contributed by atoms with Crippen molar-refractivity contribution in [3.05, 3.63) is 26.6 Å². The first-order valence-corrected chi connectivity index (χ1v) is 5.96. The van der Waals surface area contributed by atoms with Gasteiger partial charge in [-0.3, -0.25) is 0 Å². The van der Waals surface area contributed by atoms with Crippen molar-refractivity contribution in [2.45, 2.75) is 11.8 Å². The third-order valence-electron chi connectivity index (χ3n) is 1.85. The number of thiol groups is 1. The molecule has 12 heavy (non-hydrogen) atoms. The zero-order valence-electron chi connectivity index (χ0n) is 6.47. The van der Waals surface area contributed by atoms with Gasteiger partial charge in [-0.1, -0.05) is 0 Å². The maximum Gasteiger partial charge on any atom is 0.0489 e. The second-order valence-corrected chi connectivity index (χ2v) is 5.21. The van der Waals surface area contributed by atoms with E-state index in [9.17, 15) is 0 Å². The topological polar surface area (TPSA) is 0 Å². The summed E-state index contributed by atoms with van der Waals surface area (Å²) in [6, 6.07) is 4.33. The highest BCUT2D eigenvalue weighted by molar-refractivity contribution is 14.1. The quantitative estimate of drug-likeness (QED) is 0.550. The van der Waals surface area contributed by atoms with Gasteiger partial charge in [0.05, 0.1) is 0 Å². The van der Waals surface area contributed by atoms with E-state index in [1.165, 1.54) is 19.2 Å². The molecule has 0 radical (unpaired) electrons. The van der Waals surface area contributed by atoms with Crippen molar-refractivity contribution in [3.63, 3.8) is 0 Å². The molecule has 0 saturated heterocycles. The number of hydrogen-bond donors (Lipinski definition) is 1. The van der Waals surface area contributed by atoms with Gasteiger partial charge < -0.3 is 0 Å². The summed E-state index contributed by atoms with van der Waals surface area (Å²) in [5.74, 6) is 0. The van der Waals surface area contributed by atoms with Gasteiger partial charge in [0.25, 0.3) is 0 Å². The molecule has 1 heterocycles. The third kappa shape index (κ3) is 1.28. The zero-order chi connectivity index (χ0) is 8.72. The Morgan fingerprint density at radius 3 is 3.00 bits per heavy atom. The van der Waals surface area contributed by atoms with E-state index < -0.39 is 0 Å². The standard InChI is InChI=1S/C9H7IS2/c1-5-4-7(10)6-2-3-12-9(6)8(5)11/h2-4,11H,1H3. The Balaban J connectivity index is 2.97. The van der Waals surface area contributed by atoms with Crippen molar-refractivity contribution in [2.75, 3.05) is 0 Å². The monoisotopic (exact) mass is 306 g/mol. The van der Waals surface area contributed by atoms with Crippen LogP contribution in [0.15, 0.2) is 22.4 Å². The van der Waals surface area contributed by atoms with Crippen molar-refractivity contribution in [1.82, 2.24) is 0 Å². The fraction of sp³-hybridized carbons (Fsp3) is 0.111. The van der Waals surface area contributed by atoms with Crippen LogP contribution < -0.4 is 0 Å². The van der Waals surface area contributed by atoms with E-state index >= 15 is 0 Å². The van der Waals surface area contributed by atoms with Gasteiger partial charge in [0, 0.05) is 18.6 Å². The van der Waals surface area contributed by atoms with Crippen LogP contribution in [0.25, 0.3) is 10.1 Å². The summed E-state index contributed by atoms with van der Waals surface area (Å²) in [7, 11) is 0. The lowest BCUT2D eigenvalue weighted by Crippen LogP contribution is -1.79. The highest BCUT2D eigenvalue weighted by atomic mass is 127. The molecule has 0 amide bonds. The van der Waals surface area contributed by atoms with Crippen LogP contribution in [0.2, 0.25) is 0 Å². The van der Waals surface area contributed by atoms with Crippen LogP contribution in [0.5, 0.6) is 0 Å². The van der Waals surface area contributed by atoms with Gasteiger partial charge in [-0.05, 0) is 52.6 Å². The maximum atomic E-state index is 4.48. The Hall–Kier alpha value is 0.260. The van der Waals surface area contributed by atoms with E-state index in [1.807, 2.05) is 0 Å². The molecule has 0 unspecified atom stereocenters. The average Bonchev–Trinajstić information content (AvgIpc) is 2.48. The lowest BCUT2D eigenvalue weighted by atomic mass is 10.2. The number of benzene rings is 1. The molecule has 1 aromatic heterocycles. The third-order valence-corrected chi connectivity index (χ3v) is 4.41. The van der Waals surface area contributed by atoms with E-state index in [4.69, 9.17) is 0 Å². The van der Waals surface area contributed by atoms with Gasteiger partial charge in [-0.2, -0.15) is 0 Å². The Kier molecular flexibility index (Phi) is 2.35. The van der Waals surface area contributed by atoms with Crippen LogP contribution in [0.1, 0.15) is 5.56 Å². The largest absolute Gasteiger partial charge is 0.143 e. The van der Waals surface area contributed by atoms with Gasteiger partial charge in [0.15, 0.2) is 0 Å². The first kappa shape index (κ1) is 8.84. The second kappa shape index (κ2) is 3.20. The molecule has 0 aliphatic heterocycles. The number of fused-ring (bicyclic) bond motifs is 1. The van der Waals surface area contributed by atoms with E-state index in [0.717, 1.165) is 4.90 Å². The molecule has 3 heteroatoms. The number of halogens is 1. The summed E-state index contributed by atoms with van der Waals surface area (Å²) in [6.45, 7) is 2.10. The van der Waals surface area contributed by atoms with Crippen molar-refractivity contribution in [1.29, 1.82) is 0 Å². The molecule has 2 aromatic rings. The van der Waals surface area contributed by atoms with Crippen molar-refractivity contribution >= 4 is 56.6 Å². The van der Waals surface area contributed by atoms with Crippen molar-refractivity contribution in [2.24, 2.45) is 0 Å². The molecule has 0 spiro atoms. The lowest BCUT2D eigenvalue weighted by Gasteiger charge is -2.01. The number of thiophene rings is 1. The van der Waals surface area contributed by atoms with Crippen LogP contribution in [0.3, 0.4) is 0 Å². The van der Waals surface area contributed by atoms with E-state index in [1.54, 1.807) is 11.3 Å². The lowest BCUT2D eigenvalue weighted by molar-refractivity contribution is 1.36. The minimum Gasteiger partial charge on any atom is -0.143 e. The minimum absolute atomic E-state index is 1.13. The van der Waals surface area contributed by atoms with Crippen molar-refractivity contribution < 1.29 is 0 Å². The predicted octanol–water partition coefficient (Wildman–Crippen LogP) is 4.10. The van der Waals surface area contributed by atoms with Gasteiger partial charge in [-0.15, -0.1) is 24.0 Å². The molecular formula is C9H7IS2.